The Morgan fingerprint density at radius 3 is 2.04 bits per heavy atom. The molecule has 0 spiro atoms. The van der Waals surface area contributed by atoms with Crippen molar-refractivity contribution < 1.29 is 14.3 Å². The van der Waals surface area contributed by atoms with E-state index >= 15 is 0 Å². The highest BCUT2D eigenvalue weighted by atomic mass is 16.6. The highest BCUT2D eigenvalue weighted by Crippen LogP contribution is 2.22. The summed E-state index contributed by atoms with van der Waals surface area (Å²) in [5, 5.41) is 0. The lowest BCUT2D eigenvalue weighted by atomic mass is 9.95. The molecule has 2 fully saturated rings. The third-order valence-corrected chi connectivity index (χ3v) is 4.63. The largest absolute Gasteiger partial charge is 0.459 e. The summed E-state index contributed by atoms with van der Waals surface area (Å²) in [6.07, 6.45) is 6.50. The summed E-state index contributed by atoms with van der Waals surface area (Å²) >= 11 is 0. The van der Waals surface area contributed by atoms with E-state index in [1.54, 1.807) is 0 Å². The summed E-state index contributed by atoms with van der Waals surface area (Å²) in [5.74, 6) is 0.307. The standard InChI is InChI=1S/C18H32N2O3/c1-18(2,3)23-16(21)14-19-12-8-15(9-13-19)17(22)20-10-6-4-5-7-11-20/h15H,4-14H2,1-3H3. The van der Waals surface area contributed by atoms with Gasteiger partial charge in [0.2, 0.25) is 5.91 Å². The number of nitrogens with zero attached hydrogens (tertiary/aromatic N) is 2. The highest BCUT2D eigenvalue weighted by Gasteiger charge is 2.30. The molecule has 0 radical (unpaired) electrons. The maximum absolute atomic E-state index is 12.6. The van der Waals surface area contributed by atoms with E-state index < -0.39 is 5.60 Å². The number of carbonyl (C=O) groups excluding carboxylic acids is 2. The van der Waals surface area contributed by atoms with E-state index in [2.05, 4.69) is 9.80 Å². The Labute approximate surface area is 140 Å². The summed E-state index contributed by atoms with van der Waals surface area (Å²) in [6.45, 7) is 9.47. The zero-order valence-corrected chi connectivity index (χ0v) is 15.0. The zero-order chi connectivity index (χ0) is 16.9. The van der Waals surface area contributed by atoms with Gasteiger partial charge < -0.3 is 9.64 Å². The average molecular weight is 324 g/mol. The molecule has 5 heteroatoms. The van der Waals surface area contributed by atoms with Crippen LogP contribution in [0.15, 0.2) is 0 Å². The lowest BCUT2D eigenvalue weighted by molar-refractivity contribution is -0.156. The monoisotopic (exact) mass is 324 g/mol. The molecule has 0 bridgehead atoms. The van der Waals surface area contributed by atoms with Crippen LogP contribution in [0.25, 0.3) is 0 Å². The molecule has 23 heavy (non-hydrogen) atoms. The molecule has 0 saturated carbocycles. The van der Waals surface area contributed by atoms with Crippen LogP contribution in [-0.2, 0) is 14.3 Å². The van der Waals surface area contributed by atoms with Crippen molar-refractivity contribution in [2.45, 2.75) is 64.9 Å². The van der Waals surface area contributed by atoms with Crippen molar-refractivity contribution in [2.24, 2.45) is 5.92 Å². The van der Waals surface area contributed by atoms with Gasteiger partial charge >= 0.3 is 5.97 Å². The van der Waals surface area contributed by atoms with Gasteiger partial charge in [0.1, 0.15) is 5.60 Å². The quantitative estimate of drug-likeness (QED) is 0.748. The molecule has 1 amide bonds. The van der Waals surface area contributed by atoms with E-state index in [-0.39, 0.29) is 11.9 Å². The third kappa shape index (κ3) is 6.13. The minimum atomic E-state index is -0.432. The average Bonchev–Trinajstić information content (AvgIpc) is 2.74. The van der Waals surface area contributed by atoms with E-state index in [9.17, 15) is 9.59 Å². The summed E-state index contributed by atoms with van der Waals surface area (Å²) in [4.78, 5) is 28.7. The molecule has 0 atom stereocenters. The van der Waals surface area contributed by atoms with Crippen molar-refractivity contribution in [3.63, 3.8) is 0 Å². The fourth-order valence-corrected chi connectivity index (χ4v) is 3.44. The maximum atomic E-state index is 12.6. The van der Waals surface area contributed by atoms with Crippen LogP contribution in [0.2, 0.25) is 0 Å². The first kappa shape index (κ1) is 18.2. The van der Waals surface area contributed by atoms with Crippen molar-refractivity contribution in [2.75, 3.05) is 32.7 Å². The van der Waals surface area contributed by atoms with Gasteiger partial charge in [-0.2, -0.15) is 0 Å². The molecule has 2 aliphatic heterocycles. The molecule has 0 unspecified atom stereocenters. The Morgan fingerprint density at radius 2 is 1.52 bits per heavy atom. The maximum Gasteiger partial charge on any atom is 0.320 e. The van der Waals surface area contributed by atoms with Gasteiger partial charge in [-0.1, -0.05) is 12.8 Å². The molecule has 0 aromatic heterocycles. The molecular weight excluding hydrogens is 292 g/mol. The van der Waals surface area contributed by atoms with Crippen LogP contribution in [0.3, 0.4) is 0 Å². The second-order valence-electron chi connectivity index (χ2n) is 7.88. The first-order valence-corrected chi connectivity index (χ1v) is 9.08. The van der Waals surface area contributed by atoms with Gasteiger partial charge in [-0.15, -0.1) is 0 Å². The normalized spacial score (nSPS) is 21.8. The number of piperidine rings is 1. The minimum Gasteiger partial charge on any atom is -0.459 e. The Hall–Kier alpha value is -1.10. The molecule has 0 N–H and O–H groups in total. The van der Waals surface area contributed by atoms with Gasteiger partial charge in [0.25, 0.3) is 0 Å². The molecule has 0 aromatic carbocycles. The number of rotatable bonds is 3. The van der Waals surface area contributed by atoms with Gasteiger partial charge in [0, 0.05) is 19.0 Å². The zero-order valence-electron chi connectivity index (χ0n) is 15.0. The topological polar surface area (TPSA) is 49.9 Å². The van der Waals surface area contributed by atoms with Crippen molar-refractivity contribution >= 4 is 11.9 Å². The smallest absolute Gasteiger partial charge is 0.320 e. The molecule has 132 valence electrons. The highest BCUT2D eigenvalue weighted by molar-refractivity contribution is 5.79. The number of ether oxygens (including phenoxy) is 1. The molecule has 2 aliphatic rings. The molecule has 2 heterocycles. The fourth-order valence-electron chi connectivity index (χ4n) is 3.44. The molecule has 0 aromatic rings. The van der Waals surface area contributed by atoms with Crippen molar-refractivity contribution in [3.8, 4) is 0 Å². The minimum absolute atomic E-state index is 0.142. The number of amides is 1. The molecular formula is C18H32N2O3. The predicted octanol–water partition coefficient (Wildman–Crippen LogP) is 2.44. The van der Waals surface area contributed by atoms with E-state index in [0.717, 1.165) is 51.9 Å². The van der Waals surface area contributed by atoms with Crippen LogP contribution in [0, 0.1) is 5.92 Å². The molecule has 2 rings (SSSR count). The van der Waals surface area contributed by atoms with Crippen LogP contribution >= 0.6 is 0 Å². The van der Waals surface area contributed by atoms with Crippen LogP contribution in [0.4, 0.5) is 0 Å². The fraction of sp³-hybridized carbons (Fsp3) is 0.889. The van der Waals surface area contributed by atoms with Crippen LogP contribution in [-0.4, -0.2) is 60.0 Å². The lowest BCUT2D eigenvalue weighted by Crippen LogP contribution is -2.44. The Bertz CT molecular complexity index is 401. The second kappa shape index (κ2) is 8.13. The summed E-state index contributed by atoms with van der Waals surface area (Å²) in [5.41, 5.74) is -0.432. The molecule has 0 aliphatic carbocycles. The van der Waals surface area contributed by atoms with Crippen LogP contribution in [0.5, 0.6) is 0 Å². The number of hydrogen-bond acceptors (Lipinski definition) is 4. The predicted molar refractivity (Wildman–Crippen MR) is 90.1 cm³/mol. The number of likely N-dealkylation sites (tertiary alicyclic amines) is 2. The first-order valence-electron chi connectivity index (χ1n) is 9.08. The van der Waals surface area contributed by atoms with E-state index in [4.69, 9.17) is 4.74 Å². The van der Waals surface area contributed by atoms with Crippen molar-refractivity contribution in [1.82, 2.24) is 9.80 Å². The van der Waals surface area contributed by atoms with Gasteiger partial charge in [-0.3, -0.25) is 14.5 Å². The van der Waals surface area contributed by atoms with Gasteiger partial charge in [-0.05, 0) is 59.5 Å². The third-order valence-electron chi connectivity index (χ3n) is 4.63. The summed E-state index contributed by atoms with van der Waals surface area (Å²) < 4.78 is 5.37. The Balaban J connectivity index is 1.74. The summed E-state index contributed by atoms with van der Waals surface area (Å²) in [7, 11) is 0. The summed E-state index contributed by atoms with van der Waals surface area (Å²) in [6, 6.07) is 0. The molecule has 5 nitrogen and oxygen atoms in total. The SMILES string of the molecule is CC(C)(C)OC(=O)CN1CCC(C(=O)N2CCCCCC2)CC1. The number of esters is 1. The van der Waals surface area contributed by atoms with Crippen LogP contribution < -0.4 is 0 Å². The molecule has 2 saturated heterocycles. The van der Waals surface area contributed by atoms with E-state index in [1.165, 1.54) is 12.8 Å². The van der Waals surface area contributed by atoms with Gasteiger partial charge in [0.05, 0.1) is 6.54 Å². The van der Waals surface area contributed by atoms with E-state index in [0.29, 0.717) is 12.5 Å². The Morgan fingerprint density at radius 1 is 0.957 bits per heavy atom. The van der Waals surface area contributed by atoms with Crippen molar-refractivity contribution in [3.05, 3.63) is 0 Å². The van der Waals surface area contributed by atoms with Gasteiger partial charge in [-0.25, -0.2) is 0 Å². The van der Waals surface area contributed by atoms with E-state index in [1.807, 2.05) is 20.8 Å². The van der Waals surface area contributed by atoms with Crippen molar-refractivity contribution in [1.29, 1.82) is 0 Å². The number of carbonyl (C=O) groups is 2. The first-order chi connectivity index (χ1) is 10.8. The second-order valence-corrected chi connectivity index (χ2v) is 7.88. The lowest BCUT2D eigenvalue weighted by Gasteiger charge is -2.34. The van der Waals surface area contributed by atoms with Crippen LogP contribution in [0.1, 0.15) is 59.3 Å². The van der Waals surface area contributed by atoms with Gasteiger partial charge in [0.15, 0.2) is 0 Å². The number of hydrogen-bond donors (Lipinski definition) is 0. The Kier molecular flexibility index (Phi) is 6.45.